The van der Waals surface area contributed by atoms with Crippen LogP contribution < -0.4 is 0 Å². The van der Waals surface area contributed by atoms with Crippen LogP contribution in [0.3, 0.4) is 0 Å². The lowest BCUT2D eigenvalue weighted by molar-refractivity contribution is 0.113. The third kappa shape index (κ3) is 4.73. The number of nitrogens with zero attached hydrogens (tertiary/aromatic N) is 1. The van der Waals surface area contributed by atoms with Crippen molar-refractivity contribution >= 4 is 0 Å². The average Bonchev–Trinajstić information content (AvgIpc) is 2.28. The van der Waals surface area contributed by atoms with E-state index in [0.29, 0.717) is 0 Å². The quantitative estimate of drug-likeness (QED) is 0.661. The third-order valence-corrected chi connectivity index (χ3v) is 2.50. The van der Waals surface area contributed by atoms with Gasteiger partial charge in [-0.05, 0) is 31.2 Å². The van der Waals surface area contributed by atoms with E-state index in [2.05, 4.69) is 11.8 Å². The molecule has 0 bridgehead atoms. The largest absolute Gasteiger partial charge is 0.380 e. The number of halogens is 1. The zero-order valence-electron chi connectivity index (χ0n) is 10.1. The predicted molar refractivity (Wildman–Crippen MR) is 63.8 cm³/mol. The zero-order valence-corrected chi connectivity index (χ0v) is 10.1. The van der Waals surface area contributed by atoms with E-state index >= 15 is 0 Å². The number of likely N-dealkylation sites (N-methyl/N-ethyl adjacent to an activating group) is 1. The lowest BCUT2D eigenvalue weighted by atomic mass is 10.2. The highest BCUT2D eigenvalue weighted by Crippen LogP contribution is 2.06. The van der Waals surface area contributed by atoms with Gasteiger partial charge in [0.1, 0.15) is 5.82 Å². The molecule has 0 radical (unpaired) electrons. The van der Waals surface area contributed by atoms with Crippen molar-refractivity contribution in [2.24, 2.45) is 0 Å². The van der Waals surface area contributed by atoms with E-state index in [9.17, 15) is 4.39 Å². The summed E-state index contributed by atoms with van der Waals surface area (Å²) in [6, 6.07) is 6.76. The Kier molecular flexibility index (Phi) is 6.04. The van der Waals surface area contributed by atoms with Crippen LogP contribution in [-0.4, -0.2) is 31.2 Å². The van der Waals surface area contributed by atoms with E-state index in [4.69, 9.17) is 4.74 Å². The summed E-state index contributed by atoms with van der Waals surface area (Å²) in [4.78, 5) is 2.24. The van der Waals surface area contributed by atoms with Crippen LogP contribution in [0.4, 0.5) is 4.39 Å². The van der Waals surface area contributed by atoms with Crippen LogP contribution in [0, 0.1) is 5.82 Å². The Balaban J connectivity index is 2.43. The molecule has 0 unspecified atom stereocenters. The van der Waals surface area contributed by atoms with E-state index in [1.807, 2.05) is 13.0 Å². The van der Waals surface area contributed by atoms with Crippen LogP contribution in [-0.2, 0) is 11.3 Å². The van der Waals surface area contributed by atoms with E-state index in [1.165, 1.54) is 6.07 Å². The van der Waals surface area contributed by atoms with Crippen molar-refractivity contribution in [2.75, 3.05) is 26.3 Å². The fourth-order valence-electron chi connectivity index (χ4n) is 1.58. The van der Waals surface area contributed by atoms with Gasteiger partial charge < -0.3 is 4.74 Å². The van der Waals surface area contributed by atoms with Crippen molar-refractivity contribution in [3.63, 3.8) is 0 Å². The Hall–Kier alpha value is -0.930. The van der Waals surface area contributed by atoms with Crippen LogP contribution in [0.2, 0.25) is 0 Å². The molecule has 1 aromatic rings. The minimum Gasteiger partial charge on any atom is -0.380 e. The van der Waals surface area contributed by atoms with Gasteiger partial charge >= 0.3 is 0 Å². The molecular weight excluding hydrogens is 205 g/mol. The first-order valence-electron chi connectivity index (χ1n) is 5.80. The van der Waals surface area contributed by atoms with E-state index in [1.54, 1.807) is 12.1 Å². The molecule has 0 fully saturated rings. The third-order valence-electron chi connectivity index (χ3n) is 2.50. The van der Waals surface area contributed by atoms with Crippen LogP contribution >= 0.6 is 0 Å². The molecule has 0 spiro atoms. The van der Waals surface area contributed by atoms with Gasteiger partial charge in [0.2, 0.25) is 0 Å². The second-order valence-corrected chi connectivity index (χ2v) is 3.70. The standard InChI is InChI=1S/C13H20FNO/c1-3-15(8-9-16-4-2)11-12-6-5-7-13(14)10-12/h5-7,10H,3-4,8-9,11H2,1-2H3. The molecule has 0 aliphatic rings. The maximum atomic E-state index is 13.0. The van der Waals surface area contributed by atoms with Crippen molar-refractivity contribution in [1.29, 1.82) is 0 Å². The van der Waals surface area contributed by atoms with Crippen molar-refractivity contribution in [1.82, 2.24) is 4.90 Å². The second kappa shape index (κ2) is 7.36. The normalized spacial score (nSPS) is 11.0. The minimum atomic E-state index is -0.168. The molecule has 0 saturated carbocycles. The molecule has 1 rings (SSSR count). The van der Waals surface area contributed by atoms with Gasteiger partial charge in [0.25, 0.3) is 0 Å². The molecule has 0 N–H and O–H groups in total. The SMILES string of the molecule is CCOCCN(CC)Cc1cccc(F)c1. The summed E-state index contributed by atoms with van der Waals surface area (Å²) in [6.45, 7) is 8.19. The molecule has 90 valence electrons. The van der Waals surface area contributed by atoms with Crippen LogP contribution in [0.5, 0.6) is 0 Å². The summed E-state index contributed by atoms with van der Waals surface area (Å²) in [5.74, 6) is -0.168. The van der Waals surface area contributed by atoms with Gasteiger partial charge in [-0.1, -0.05) is 19.1 Å². The summed E-state index contributed by atoms with van der Waals surface area (Å²) >= 11 is 0. The van der Waals surface area contributed by atoms with E-state index in [-0.39, 0.29) is 5.82 Å². The minimum absolute atomic E-state index is 0.168. The predicted octanol–water partition coefficient (Wildman–Crippen LogP) is 2.68. The highest BCUT2D eigenvalue weighted by atomic mass is 19.1. The maximum absolute atomic E-state index is 13.0. The van der Waals surface area contributed by atoms with Crippen LogP contribution in [0.15, 0.2) is 24.3 Å². The number of rotatable bonds is 7. The second-order valence-electron chi connectivity index (χ2n) is 3.70. The Morgan fingerprint density at radius 3 is 2.75 bits per heavy atom. The number of hydrogen-bond donors (Lipinski definition) is 0. The van der Waals surface area contributed by atoms with Crippen LogP contribution in [0.1, 0.15) is 19.4 Å². The van der Waals surface area contributed by atoms with Gasteiger partial charge in [-0.15, -0.1) is 0 Å². The summed E-state index contributed by atoms with van der Waals surface area (Å²) in [6.07, 6.45) is 0. The van der Waals surface area contributed by atoms with Gasteiger partial charge in [-0.25, -0.2) is 4.39 Å². The molecule has 0 amide bonds. The first-order chi connectivity index (χ1) is 7.76. The maximum Gasteiger partial charge on any atom is 0.123 e. The summed E-state index contributed by atoms with van der Waals surface area (Å²) in [7, 11) is 0. The van der Waals surface area contributed by atoms with Crippen molar-refractivity contribution in [2.45, 2.75) is 20.4 Å². The summed E-state index contributed by atoms with van der Waals surface area (Å²) in [5.41, 5.74) is 1.01. The first kappa shape index (κ1) is 13.1. The highest BCUT2D eigenvalue weighted by molar-refractivity contribution is 5.16. The lowest BCUT2D eigenvalue weighted by Gasteiger charge is -2.20. The topological polar surface area (TPSA) is 12.5 Å². The molecule has 3 heteroatoms. The van der Waals surface area contributed by atoms with Gasteiger partial charge in [-0.3, -0.25) is 4.90 Å². The summed E-state index contributed by atoms with van der Waals surface area (Å²) < 4.78 is 18.3. The molecule has 0 atom stereocenters. The van der Waals surface area contributed by atoms with Crippen molar-refractivity contribution < 1.29 is 9.13 Å². The zero-order chi connectivity index (χ0) is 11.8. The van der Waals surface area contributed by atoms with Gasteiger partial charge in [0.05, 0.1) is 6.61 Å². The fraction of sp³-hybridized carbons (Fsp3) is 0.538. The summed E-state index contributed by atoms with van der Waals surface area (Å²) in [5, 5.41) is 0. The highest BCUT2D eigenvalue weighted by Gasteiger charge is 2.04. The van der Waals surface area contributed by atoms with Crippen LogP contribution in [0.25, 0.3) is 0 Å². The number of ether oxygens (including phenoxy) is 1. The monoisotopic (exact) mass is 225 g/mol. The molecule has 1 aromatic carbocycles. The van der Waals surface area contributed by atoms with Crippen molar-refractivity contribution in [3.05, 3.63) is 35.6 Å². The molecule has 0 heterocycles. The Labute approximate surface area is 97.0 Å². The fourth-order valence-corrected chi connectivity index (χ4v) is 1.58. The molecule has 0 saturated heterocycles. The molecule has 0 aliphatic carbocycles. The smallest absolute Gasteiger partial charge is 0.123 e. The van der Waals surface area contributed by atoms with E-state index in [0.717, 1.165) is 38.4 Å². The van der Waals surface area contributed by atoms with Crippen molar-refractivity contribution in [3.8, 4) is 0 Å². The Bertz CT molecular complexity index is 304. The Morgan fingerprint density at radius 2 is 2.12 bits per heavy atom. The van der Waals surface area contributed by atoms with Gasteiger partial charge in [0, 0.05) is 19.7 Å². The molecule has 2 nitrogen and oxygen atoms in total. The molecular formula is C13H20FNO. The first-order valence-corrected chi connectivity index (χ1v) is 5.80. The molecule has 0 aromatic heterocycles. The van der Waals surface area contributed by atoms with Gasteiger partial charge in [-0.2, -0.15) is 0 Å². The van der Waals surface area contributed by atoms with Gasteiger partial charge in [0.15, 0.2) is 0 Å². The lowest BCUT2D eigenvalue weighted by Crippen LogP contribution is -2.27. The molecule has 0 aliphatic heterocycles. The molecule has 16 heavy (non-hydrogen) atoms. The Morgan fingerprint density at radius 1 is 1.31 bits per heavy atom. The number of hydrogen-bond acceptors (Lipinski definition) is 2. The number of benzene rings is 1. The average molecular weight is 225 g/mol. The van der Waals surface area contributed by atoms with E-state index < -0.39 is 0 Å².